The van der Waals surface area contributed by atoms with Gasteiger partial charge in [0.2, 0.25) is 0 Å². The highest BCUT2D eigenvalue weighted by atomic mass is 19.4. The molecule has 0 amide bonds. The van der Waals surface area contributed by atoms with Crippen molar-refractivity contribution in [3.63, 3.8) is 0 Å². The summed E-state index contributed by atoms with van der Waals surface area (Å²) in [5, 5.41) is 9.16. The molecule has 3 unspecified atom stereocenters. The van der Waals surface area contributed by atoms with Crippen molar-refractivity contribution in [1.82, 2.24) is 4.90 Å². The van der Waals surface area contributed by atoms with Crippen molar-refractivity contribution >= 4 is 0 Å². The topological polar surface area (TPSA) is 27.0 Å². The van der Waals surface area contributed by atoms with Crippen molar-refractivity contribution in [2.45, 2.75) is 57.7 Å². The van der Waals surface area contributed by atoms with Crippen LogP contribution in [-0.2, 0) is 0 Å². The van der Waals surface area contributed by atoms with Crippen molar-refractivity contribution in [1.29, 1.82) is 5.26 Å². The van der Waals surface area contributed by atoms with Crippen molar-refractivity contribution in [2.24, 2.45) is 11.8 Å². The molecule has 1 aliphatic carbocycles. The zero-order valence-corrected chi connectivity index (χ0v) is 11.7. The minimum Gasteiger partial charge on any atom is -0.302 e. The summed E-state index contributed by atoms with van der Waals surface area (Å²) < 4.78 is 36.8. The Morgan fingerprint density at radius 1 is 1.32 bits per heavy atom. The molecule has 0 aromatic rings. The number of nitriles is 1. The summed E-state index contributed by atoms with van der Waals surface area (Å²) >= 11 is 0. The van der Waals surface area contributed by atoms with E-state index in [9.17, 15) is 13.2 Å². The average molecular weight is 276 g/mol. The van der Waals surface area contributed by atoms with Crippen LogP contribution in [0.15, 0.2) is 0 Å². The lowest BCUT2D eigenvalue weighted by atomic mass is 9.76. The standard InChI is InChI=1S/C14H23F3N2/c1-3-4-11-5-6-12(10-18)13(9-11)19(2)8-7-14(15,16)17/h11-13H,3-9H2,1-2H3. The Hall–Kier alpha value is -0.760. The molecule has 1 saturated carbocycles. The molecule has 0 saturated heterocycles. The Labute approximate surface area is 113 Å². The average Bonchev–Trinajstić information content (AvgIpc) is 2.35. The maximum Gasteiger partial charge on any atom is 0.390 e. The normalized spacial score (nSPS) is 28.4. The van der Waals surface area contributed by atoms with Gasteiger partial charge in [0.05, 0.1) is 18.4 Å². The summed E-state index contributed by atoms with van der Waals surface area (Å²) in [4.78, 5) is 1.74. The molecule has 0 radical (unpaired) electrons. The van der Waals surface area contributed by atoms with Crippen LogP contribution < -0.4 is 0 Å². The molecule has 1 rings (SSSR count). The van der Waals surface area contributed by atoms with Crippen molar-refractivity contribution in [3.8, 4) is 6.07 Å². The fourth-order valence-electron chi connectivity index (χ4n) is 3.01. The first kappa shape index (κ1) is 16.3. The van der Waals surface area contributed by atoms with Gasteiger partial charge in [-0.05, 0) is 32.2 Å². The molecule has 0 aliphatic heterocycles. The molecular formula is C14H23F3N2. The minimum absolute atomic E-state index is 0.00874. The first-order valence-corrected chi connectivity index (χ1v) is 7.04. The van der Waals surface area contributed by atoms with Crippen LogP contribution >= 0.6 is 0 Å². The molecule has 0 aromatic carbocycles. The van der Waals surface area contributed by atoms with E-state index >= 15 is 0 Å². The van der Waals surface area contributed by atoms with Gasteiger partial charge in [-0.15, -0.1) is 0 Å². The van der Waals surface area contributed by atoms with Gasteiger partial charge in [0.15, 0.2) is 0 Å². The SMILES string of the molecule is CCCC1CCC(C#N)C(N(C)CCC(F)(F)F)C1. The second-order valence-corrected chi connectivity index (χ2v) is 5.62. The molecule has 0 N–H and O–H groups in total. The number of rotatable bonds is 5. The van der Waals surface area contributed by atoms with Crippen LogP contribution in [0.4, 0.5) is 13.2 Å². The van der Waals surface area contributed by atoms with Crippen LogP contribution in [0.25, 0.3) is 0 Å². The highest BCUT2D eigenvalue weighted by Gasteiger charge is 2.34. The van der Waals surface area contributed by atoms with Crippen LogP contribution in [0.2, 0.25) is 0 Å². The smallest absolute Gasteiger partial charge is 0.302 e. The largest absolute Gasteiger partial charge is 0.390 e. The molecule has 19 heavy (non-hydrogen) atoms. The van der Waals surface area contributed by atoms with Gasteiger partial charge in [-0.3, -0.25) is 0 Å². The molecule has 5 heteroatoms. The Balaban J connectivity index is 2.57. The highest BCUT2D eigenvalue weighted by molar-refractivity contribution is 4.97. The van der Waals surface area contributed by atoms with Gasteiger partial charge >= 0.3 is 6.18 Å². The molecule has 3 atom stereocenters. The number of halogens is 3. The predicted octanol–water partition coefficient (Wildman–Crippen LogP) is 3.98. The van der Waals surface area contributed by atoms with Gasteiger partial charge in [-0.2, -0.15) is 18.4 Å². The molecule has 0 bridgehead atoms. The van der Waals surface area contributed by atoms with E-state index in [2.05, 4.69) is 13.0 Å². The molecule has 110 valence electrons. The molecule has 1 aliphatic rings. The first-order chi connectivity index (χ1) is 8.87. The number of alkyl halides is 3. The molecule has 2 nitrogen and oxygen atoms in total. The third-order valence-corrected chi connectivity index (χ3v) is 4.10. The quantitative estimate of drug-likeness (QED) is 0.759. The molecule has 1 fully saturated rings. The van der Waals surface area contributed by atoms with Crippen molar-refractivity contribution in [3.05, 3.63) is 0 Å². The van der Waals surface area contributed by atoms with Crippen molar-refractivity contribution < 1.29 is 13.2 Å². The van der Waals surface area contributed by atoms with Crippen molar-refractivity contribution in [2.75, 3.05) is 13.6 Å². The predicted molar refractivity (Wildman–Crippen MR) is 68.4 cm³/mol. The lowest BCUT2D eigenvalue weighted by Gasteiger charge is -2.38. The van der Waals surface area contributed by atoms with Crippen LogP contribution in [0.5, 0.6) is 0 Å². The summed E-state index contributed by atoms with van der Waals surface area (Å²) in [5.41, 5.74) is 0. The lowest BCUT2D eigenvalue weighted by Crippen LogP contribution is -2.43. The van der Waals surface area contributed by atoms with E-state index in [4.69, 9.17) is 5.26 Å². The van der Waals surface area contributed by atoms with Gasteiger partial charge in [0.1, 0.15) is 0 Å². The molecule has 0 aromatic heterocycles. The fraction of sp³-hybridized carbons (Fsp3) is 0.929. The second-order valence-electron chi connectivity index (χ2n) is 5.62. The summed E-state index contributed by atoms with van der Waals surface area (Å²) in [6, 6.07) is 2.26. The zero-order valence-electron chi connectivity index (χ0n) is 11.7. The van der Waals surface area contributed by atoms with E-state index in [0.717, 1.165) is 32.1 Å². The van der Waals surface area contributed by atoms with Gasteiger partial charge in [0, 0.05) is 12.6 Å². The number of hydrogen-bond acceptors (Lipinski definition) is 2. The van der Waals surface area contributed by atoms with Gasteiger partial charge < -0.3 is 4.90 Å². The van der Waals surface area contributed by atoms with Gasteiger partial charge in [-0.25, -0.2) is 0 Å². The van der Waals surface area contributed by atoms with Crippen LogP contribution in [0.3, 0.4) is 0 Å². The Morgan fingerprint density at radius 3 is 2.53 bits per heavy atom. The van der Waals surface area contributed by atoms with E-state index in [1.165, 1.54) is 0 Å². The van der Waals surface area contributed by atoms with E-state index < -0.39 is 12.6 Å². The van der Waals surface area contributed by atoms with E-state index in [1.807, 2.05) is 0 Å². The van der Waals surface area contributed by atoms with Gasteiger partial charge in [-0.1, -0.05) is 19.8 Å². The van der Waals surface area contributed by atoms with Gasteiger partial charge in [0.25, 0.3) is 0 Å². The summed E-state index contributed by atoms with van der Waals surface area (Å²) in [6.07, 6.45) is 0.0192. The monoisotopic (exact) mass is 276 g/mol. The fourth-order valence-corrected chi connectivity index (χ4v) is 3.01. The number of hydrogen-bond donors (Lipinski definition) is 0. The maximum atomic E-state index is 12.3. The lowest BCUT2D eigenvalue weighted by molar-refractivity contribution is -0.139. The van der Waals surface area contributed by atoms with E-state index in [0.29, 0.717) is 5.92 Å². The summed E-state index contributed by atoms with van der Waals surface area (Å²) in [7, 11) is 1.72. The van der Waals surface area contributed by atoms with Crippen LogP contribution in [-0.4, -0.2) is 30.7 Å². The highest BCUT2D eigenvalue weighted by Crippen LogP contribution is 2.34. The van der Waals surface area contributed by atoms with Crippen LogP contribution in [0, 0.1) is 23.2 Å². The molecular weight excluding hydrogens is 253 g/mol. The summed E-state index contributed by atoms with van der Waals surface area (Å²) in [6.45, 7) is 2.12. The van der Waals surface area contributed by atoms with E-state index in [1.54, 1.807) is 11.9 Å². The molecule has 0 heterocycles. The zero-order chi connectivity index (χ0) is 14.5. The summed E-state index contributed by atoms with van der Waals surface area (Å²) in [5.74, 6) is 0.444. The third-order valence-electron chi connectivity index (χ3n) is 4.10. The Kier molecular flexibility index (Phi) is 6.12. The molecule has 0 spiro atoms. The first-order valence-electron chi connectivity index (χ1n) is 7.04. The second kappa shape index (κ2) is 7.14. The van der Waals surface area contributed by atoms with E-state index in [-0.39, 0.29) is 18.5 Å². The Morgan fingerprint density at radius 2 is 2.00 bits per heavy atom. The third kappa shape index (κ3) is 5.40. The van der Waals surface area contributed by atoms with Crippen LogP contribution in [0.1, 0.15) is 45.4 Å². The Bertz CT molecular complexity index is 309. The minimum atomic E-state index is -4.12. The maximum absolute atomic E-state index is 12.3. The number of nitrogens with zero attached hydrogens (tertiary/aromatic N) is 2.